The first-order chi connectivity index (χ1) is 11.3. The van der Waals surface area contributed by atoms with Gasteiger partial charge in [0.15, 0.2) is 0 Å². The molecule has 1 aromatic carbocycles. The number of carbonyl (C=O) groups is 1. The fourth-order valence-electron chi connectivity index (χ4n) is 3.37. The summed E-state index contributed by atoms with van der Waals surface area (Å²) in [5.74, 6) is 0.569. The minimum atomic E-state index is 0.130. The van der Waals surface area contributed by atoms with E-state index in [2.05, 4.69) is 45.1 Å². The lowest BCUT2D eigenvalue weighted by atomic mass is 9.80. The Hall–Kier alpha value is -2.24. The van der Waals surface area contributed by atoms with Crippen molar-refractivity contribution in [2.75, 3.05) is 0 Å². The molecular weight excluding hydrogens is 290 g/mol. The van der Waals surface area contributed by atoms with Crippen molar-refractivity contribution < 1.29 is 4.79 Å². The number of aromatic nitrogens is 4. The number of benzene rings is 1. The third-order valence-electron chi connectivity index (χ3n) is 4.52. The van der Waals surface area contributed by atoms with Crippen LogP contribution < -0.4 is 5.32 Å². The standard InChI is InChI=1S/C17H23N5O/c23-17(11-6-12-22-13-18-20-21-22)19-16-10-5-4-9-15(16)14-7-2-1-3-8-14/h1-3,7-8,13,15-16H,4-6,9-12H2,(H,19,23)/t15-,16+/m0/s1. The summed E-state index contributed by atoms with van der Waals surface area (Å²) >= 11 is 0. The minimum absolute atomic E-state index is 0.130. The van der Waals surface area contributed by atoms with Crippen molar-refractivity contribution in [3.05, 3.63) is 42.2 Å². The van der Waals surface area contributed by atoms with Crippen LogP contribution in [0.1, 0.15) is 50.0 Å². The number of nitrogens with zero attached hydrogens (tertiary/aromatic N) is 4. The molecule has 0 unspecified atom stereocenters. The number of tetrazole rings is 1. The minimum Gasteiger partial charge on any atom is -0.353 e. The van der Waals surface area contributed by atoms with E-state index in [4.69, 9.17) is 0 Å². The Morgan fingerprint density at radius 3 is 2.83 bits per heavy atom. The SMILES string of the molecule is O=C(CCCn1cnnn1)N[C@@H]1CCCC[C@H]1c1ccccc1. The molecule has 0 bridgehead atoms. The molecule has 2 atom stereocenters. The highest BCUT2D eigenvalue weighted by atomic mass is 16.1. The Labute approximate surface area is 136 Å². The Kier molecular flexibility index (Phi) is 5.34. The van der Waals surface area contributed by atoms with Gasteiger partial charge in [-0.3, -0.25) is 4.79 Å². The molecule has 6 heteroatoms. The zero-order chi connectivity index (χ0) is 15.9. The molecule has 1 aliphatic rings. The summed E-state index contributed by atoms with van der Waals surface area (Å²) < 4.78 is 1.65. The fourth-order valence-corrected chi connectivity index (χ4v) is 3.37. The van der Waals surface area contributed by atoms with Crippen molar-refractivity contribution in [2.24, 2.45) is 0 Å². The van der Waals surface area contributed by atoms with Crippen LogP contribution in [0.15, 0.2) is 36.7 Å². The molecule has 122 valence electrons. The van der Waals surface area contributed by atoms with E-state index in [-0.39, 0.29) is 11.9 Å². The summed E-state index contributed by atoms with van der Waals surface area (Å²) in [5.41, 5.74) is 1.34. The number of amides is 1. The van der Waals surface area contributed by atoms with Crippen molar-refractivity contribution >= 4 is 5.91 Å². The smallest absolute Gasteiger partial charge is 0.220 e. The fraction of sp³-hybridized carbons (Fsp3) is 0.529. The van der Waals surface area contributed by atoms with Crippen LogP contribution in [-0.4, -0.2) is 32.2 Å². The molecule has 0 saturated heterocycles. The lowest BCUT2D eigenvalue weighted by Crippen LogP contribution is -2.41. The van der Waals surface area contributed by atoms with Gasteiger partial charge >= 0.3 is 0 Å². The van der Waals surface area contributed by atoms with Crippen LogP contribution in [0.3, 0.4) is 0 Å². The molecule has 23 heavy (non-hydrogen) atoms. The summed E-state index contributed by atoms with van der Waals surface area (Å²) in [6.07, 6.45) is 7.49. The molecule has 2 aromatic rings. The van der Waals surface area contributed by atoms with Crippen molar-refractivity contribution in [3.8, 4) is 0 Å². The van der Waals surface area contributed by atoms with E-state index in [1.54, 1.807) is 11.0 Å². The van der Waals surface area contributed by atoms with Gasteiger partial charge in [0, 0.05) is 24.9 Å². The first-order valence-corrected chi connectivity index (χ1v) is 8.38. The number of aryl methyl sites for hydroxylation is 1. The first-order valence-electron chi connectivity index (χ1n) is 8.38. The molecule has 1 aliphatic carbocycles. The van der Waals surface area contributed by atoms with E-state index in [1.165, 1.54) is 18.4 Å². The van der Waals surface area contributed by atoms with Crippen LogP contribution in [0.25, 0.3) is 0 Å². The number of carbonyl (C=O) groups excluding carboxylic acids is 1. The maximum Gasteiger partial charge on any atom is 0.220 e. The Balaban J connectivity index is 1.51. The summed E-state index contributed by atoms with van der Waals surface area (Å²) in [5, 5.41) is 14.2. The predicted molar refractivity (Wildman–Crippen MR) is 86.6 cm³/mol. The molecule has 1 amide bonds. The molecule has 1 saturated carbocycles. The van der Waals surface area contributed by atoms with Crippen molar-refractivity contribution in [1.82, 2.24) is 25.5 Å². The van der Waals surface area contributed by atoms with Crippen molar-refractivity contribution in [3.63, 3.8) is 0 Å². The number of hydrogen-bond acceptors (Lipinski definition) is 4. The van der Waals surface area contributed by atoms with E-state index in [0.29, 0.717) is 18.9 Å². The van der Waals surface area contributed by atoms with Crippen LogP contribution in [0, 0.1) is 0 Å². The number of rotatable bonds is 6. The maximum absolute atomic E-state index is 12.2. The highest BCUT2D eigenvalue weighted by Gasteiger charge is 2.27. The van der Waals surface area contributed by atoms with Gasteiger partial charge in [-0.2, -0.15) is 0 Å². The Morgan fingerprint density at radius 2 is 2.04 bits per heavy atom. The van der Waals surface area contributed by atoms with E-state index >= 15 is 0 Å². The summed E-state index contributed by atoms with van der Waals surface area (Å²) in [6, 6.07) is 10.8. The maximum atomic E-state index is 12.2. The van der Waals surface area contributed by atoms with Crippen molar-refractivity contribution in [2.45, 2.75) is 57.0 Å². The van der Waals surface area contributed by atoms with Gasteiger partial charge in [0.2, 0.25) is 5.91 Å². The molecule has 3 rings (SSSR count). The number of hydrogen-bond donors (Lipinski definition) is 1. The molecule has 0 radical (unpaired) electrons. The van der Waals surface area contributed by atoms with E-state index < -0.39 is 0 Å². The van der Waals surface area contributed by atoms with Gasteiger partial charge in [0.05, 0.1) is 0 Å². The second kappa shape index (κ2) is 7.85. The van der Waals surface area contributed by atoms with Gasteiger partial charge in [0.1, 0.15) is 6.33 Å². The van der Waals surface area contributed by atoms with Crippen LogP contribution in [0.2, 0.25) is 0 Å². The highest BCUT2D eigenvalue weighted by Crippen LogP contribution is 2.33. The van der Waals surface area contributed by atoms with Crippen LogP contribution >= 0.6 is 0 Å². The zero-order valence-electron chi connectivity index (χ0n) is 13.3. The molecule has 0 spiro atoms. The van der Waals surface area contributed by atoms with Gasteiger partial charge in [-0.1, -0.05) is 43.2 Å². The van der Waals surface area contributed by atoms with Gasteiger partial charge < -0.3 is 5.32 Å². The van der Waals surface area contributed by atoms with Gasteiger partial charge in [-0.15, -0.1) is 5.10 Å². The molecule has 1 heterocycles. The lowest BCUT2D eigenvalue weighted by Gasteiger charge is -2.32. The Morgan fingerprint density at radius 1 is 1.22 bits per heavy atom. The summed E-state index contributed by atoms with van der Waals surface area (Å²) in [4.78, 5) is 12.2. The van der Waals surface area contributed by atoms with E-state index in [0.717, 1.165) is 19.3 Å². The van der Waals surface area contributed by atoms with E-state index in [9.17, 15) is 4.79 Å². The second-order valence-electron chi connectivity index (χ2n) is 6.15. The molecule has 0 aliphatic heterocycles. The normalized spacial score (nSPS) is 21.0. The first kappa shape index (κ1) is 15.6. The third kappa shape index (κ3) is 4.37. The monoisotopic (exact) mass is 313 g/mol. The lowest BCUT2D eigenvalue weighted by molar-refractivity contribution is -0.122. The van der Waals surface area contributed by atoms with Crippen molar-refractivity contribution in [1.29, 1.82) is 0 Å². The third-order valence-corrected chi connectivity index (χ3v) is 4.52. The van der Waals surface area contributed by atoms with Gasteiger partial charge in [0.25, 0.3) is 0 Å². The van der Waals surface area contributed by atoms with Gasteiger partial charge in [-0.05, 0) is 35.3 Å². The summed E-state index contributed by atoms with van der Waals surface area (Å²) in [6.45, 7) is 0.674. The second-order valence-corrected chi connectivity index (χ2v) is 6.15. The van der Waals surface area contributed by atoms with Gasteiger partial charge in [-0.25, -0.2) is 4.68 Å². The average molecular weight is 313 g/mol. The summed E-state index contributed by atoms with van der Waals surface area (Å²) in [7, 11) is 0. The zero-order valence-corrected chi connectivity index (χ0v) is 13.3. The van der Waals surface area contributed by atoms with Crippen LogP contribution in [0.5, 0.6) is 0 Å². The quantitative estimate of drug-likeness (QED) is 0.888. The number of nitrogens with one attached hydrogen (secondary N) is 1. The Bertz CT molecular complexity index is 599. The van der Waals surface area contributed by atoms with Crippen LogP contribution in [-0.2, 0) is 11.3 Å². The molecular formula is C17H23N5O. The highest BCUT2D eigenvalue weighted by molar-refractivity contribution is 5.76. The molecule has 1 fully saturated rings. The van der Waals surface area contributed by atoms with E-state index in [1.807, 2.05) is 6.07 Å². The molecule has 1 aromatic heterocycles. The molecule has 6 nitrogen and oxygen atoms in total. The largest absolute Gasteiger partial charge is 0.353 e. The van der Waals surface area contributed by atoms with Crippen LogP contribution in [0.4, 0.5) is 0 Å². The predicted octanol–water partition coefficient (Wildman–Crippen LogP) is 2.30. The topological polar surface area (TPSA) is 72.7 Å². The average Bonchev–Trinajstić information content (AvgIpc) is 3.09. The molecule has 1 N–H and O–H groups in total.